The predicted octanol–water partition coefficient (Wildman–Crippen LogP) is 4.61. The van der Waals surface area contributed by atoms with E-state index in [1.807, 2.05) is 43.9 Å². The van der Waals surface area contributed by atoms with Crippen LogP contribution in [-0.2, 0) is 20.9 Å². The van der Waals surface area contributed by atoms with E-state index in [4.69, 9.17) is 4.74 Å². The first kappa shape index (κ1) is 20.7. The van der Waals surface area contributed by atoms with Gasteiger partial charge in [0.05, 0.1) is 0 Å². The van der Waals surface area contributed by atoms with Gasteiger partial charge >= 0.3 is 5.97 Å². The minimum atomic E-state index is -0.176. The zero-order chi connectivity index (χ0) is 18.1. The number of anilines is 1. The molecule has 1 fully saturated rings. The largest absolute Gasteiger partial charge is 0.461 e. The Morgan fingerprint density at radius 2 is 2.08 bits per heavy atom. The molecule has 0 aliphatic carbocycles. The molecule has 0 N–H and O–H groups in total. The Balaban J connectivity index is 0.00000139. The SMILES string of the molecule is CC.Cc1cc(COC(=O)CCCBr)ccc1N1CC(C)CC1=O. The summed E-state index contributed by atoms with van der Waals surface area (Å²) in [5.41, 5.74) is 2.95. The maximum absolute atomic E-state index is 12.0. The third-order valence-corrected chi connectivity index (χ3v) is 4.35. The van der Waals surface area contributed by atoms with E-state index >= 15 is 0 Å². The first-order valence-electron chi connectivity index (χ1n) is 8.62. The van der Waals surface area contributed by atoms with Crippen LogP contribution >= 0.6 is 15.9 Å². The van der Waals surface area contributed by atoms with Crippen LogP contribution in [0, 0.1) is 12.8 Å². The number of rotatable bonds is 6. The van der Waals surface area contributed by atoms with Crippen LogP contribution in [0.2, 0.25) is 0 Å². The topological polar surface area (TPSA) is 46.6 Å². The Bertz CT molecular complexity index is 560. The molecule has 1 unspecified atom stereocenters. The molecule has 0 spiro atoms. The van der Waals surface area contributed by atoms with Crippen molar-refractivity contribution in [1.29, 1.82) is 0 Å². The van der Waals surface area contributed by atoms with Gasteiger partial charge in [-0.05, 0) is 36.5 Å². The van der Waals surface area contributed by atoms with Gasteiger partial charge in [0.15, 0.2) is 0 Å². The van der Waals surface area contributed by atoms with E-state index in [0.717, 1.165) is 35.1 Å². The third-order valence-electron chi connectivity index (χ3n) is 3.78. The molecule has 24 heavy (non-hydrogen) atoms. The van der Waals surface area contributed by atoms with Crippen molar-refractivity contribution in [2.45, 2.75) is 53.6 Å². The number of halogens is 1. The lowest BCUT2D eigenvalue weighted by molar-refractivity contribution is -0.144. The summed E-state index contributed by atoms with van der Waals surface area (Å²) in [6.45, 7) is 9.14. The first-order valence-corrected chi connectivity index (χ1v) is 9.75. The summed E-state index contributed by atoms with van der Waals surface area (Å²) in [6, 6.07) is 5.87. The summed E-state index contributed by atoms with van der Waals surface area (Å²) in [5, 5.41) is 0.804. The van der Waals surface area contributed by atoms with E-state index in [-0.39, 0.29) is 18.5 Å². The smallest absolute Gasteiger partial charge is 0.306 e. The van der Waals surface area contributed by atoms with E-state index in [0.29, 0.717) is 18.8 Å². The number of hydrogen-bond donors (Lipinski definition) is 0. The van der Waals surface area contributed by atoms with Crippen LogP contribution in [0.4, 0.5) is 5.69 Å². The summed E-state index contributed by atoms with van der Waals surface area (Å²) >= 11 is 3.29. The number of amides is 1. The fourth-order valence-electron chi connectivity index (χ4n) is 2.68. The van der Waals surface area contributed by atoms with Crippen LogP contribution in [0.15, 0.2) is 18.2 Å². The quantitative estimate of drug-likeness (QED) is 0.519. The van der Waals surface area contributed by atoms with E-state index < -0.39 is 0 Å². The zero-order valence-electron chi connectivity index (χ0n) is 15.1. The lowest BCUT2D eigenvalue weighted by Gasteiger charge is -2.19. The Hall–Kier alpha value is -1.36. The molecule has 0 aromatic heterocycles. The van der Waals surface area contributed by atoms with Crippen molar-refractivity contribution in [1.82, 2.24) is 0 Å². The van der Waals surface area contributed by atoms with Gasteiger partial charge in [-0.15, -0.1) is 0 Å². The molecule has 134 valence electrons. The number of alkyl halides is 1. The molecule has 1 aromatic rings. The third kappa shape index (κ3) is 5.93. The summed E-state index contributed by atoms with van der Waals surface area (Å²) in [4.78, 5) is 25.4. The second kappa shape index (κ2) is 10.5. The number of esters is 1. The van der Waals surface area contributed by atoms with E-state index in [1.54, 1.807) is 0 Å². The predicted molar refractivity (Wildman–Crippen MR) is 101 cm³/mol. The Kier molecular flexibility index (Phi) is 9.04. The van der Waals surface area contributed by atoms with Crippen molar-refractivity contribution >= 4 is 33.5 Å². The second-order valence-corrected chi connectivity index (χ2v) is 6.68. The molecule has 1 aliphatic rings. The highest BCUT2D eigenvalue weighted by atomic mass is 79.9. The molecule has 1 saturated heterocycles. The molecular weight excluding hydrogens is 370 g/mol. The van der Waals surface area contributed by atoms with Crippen LogP contribution in [0.3, 0.4) is 0 Å². The van der Waals surface area contributed by atoms with Crippen LogP contribution in [0.1, 0.15) is 51.2 Å². The molecular formula is C19H28BrNO3. The normalized spacial score (nSPS) is 16.6. The summed E-state index contributed by atoms with van der Waals surface area (Å²) in [6.07, 6.45) is 1.83. The second-order valence-electron chi connectivity index (χ2n) is 5.89. The summed E-state index contributed by atoms with van der Waals surface area (Å²) in [5.74, 6) is 0.413. The fourth-order valence-corrected chi connectivity index (χ4v) is 2.96. The van der Waals surface area contributed by atoms with Gasteiger partial charge in [-0.25, -0.2) is 0 Å². The average Bonchev–Trinajstić information content (AvgIpc) is 2.91. The Morgan fingerprint density at radius 1 is 1.38 bits per heavy atom. The van der Waals surface area contributed by atoms with Gasteiger partial charge in [0.2, 0.25) is 5.91 Å². The highest BCUT2D eigenvalue weighted by Gasteiger charge is 2.28. The van der Waals surface area contributed by atoms with Crippen molar-refractivity contribution in [2.24, 2.45) is 5.92 Å². The van der Waals surface area contributed by atoms with Crippen LogP contribution in [0.25, 0.3) is 0 Å². The van der Waals surface area contributed by atoms with Gasteiger partial charge in [0.1, 0.15) is 6.61 Å². The minimum Gasteiger partial charge on any atom is -0.461 e. The summed E-state index contributed by atoms with van der Waals surface area (Å²) < 4.78 is 5.25. The number of aryl methyl sites for hydroxylation is 1. The summed E-state index contributed by atoms with van der Waals surface area (Å²) in [7, 11) is 0. The lowest BCUT2D eigenvalue weighted by atomic mass is 10.1. The van der Waals surface area contributed by atoms with Crippen LogP contribution in [-0.4, -0.2) is 23.8 Å². The van der Waals surface area contributed by atoms with Gasteiger partial charge in [0, 0.05) is 30.4 Å². The molecule has 0 bridgehead atoms. The molecule has 1 aliphatic heterocycles. The molecule has 0 radical (unpaired) electrons. The monoisotopic (exact) mass is 397 g/mol. The number of carbonyl (C=O) groups excluding carboxylic acids is 2. The van der Waals surface area contributed by atoms with Crippen molar-refractivity contribution in [3.8, 4) is 0 Å². The molecule has 1 amide bonds. The van der Waals surface area contributed by atoms with Crippen LogP contribution < -0.4 is 4.90 Å². The Labute approximate surface area is 153 Å². The lowest BCUT2D eigenvalue weighted by Crippen LogP contribution is -2.25. The average molecular weight is 398 g/mol. The van der Waals surface area contributed by atoms with Crippen molar-refractivity contribution in [2.75, 3.05) is 16.8 Å². The van der Waals surface area contributed by atoms with Gasteiger partial charge in [0.25, 0.3) is 0 Å². The number of carbonyl (C=O) groups is 2. The van der Waals surface area contributed by atoms with Crippen LogP contribution in [0.5, 0.6) is 0 Å². The van der Waals surface area contributed by atoms with Crippen molar-refractivity contribution < 1.29 is 14.3 Å². The number of ether oxygens (including phenoxy) is 1. The molecule has 1 atom stereocenters. The number of benzene rings is 1. The molecule has 4 nitrogen and oxygen atoms in total. The number of nitrogens with zero attached hydrogens (tertiary/aromatic N) is 1. The molecule has 5 heteroatoms. The zero-order valence-corrected chi connectivity index (χ0v) is 16.7. The minimum absolute atomic E-state index is 0.176. The maximum Gasteiger partial charge on any atom is 0.306 e. The van der Waals surface area contributed by atoms with Gasteiger partial charge in [-0.2, -0.15) is 0 Å². The van der Waals surface area contributed by atoms with Gasteiger partial charge in [-0.3, -0.25) is 9.59 Å². The Morgan fingerprint density at radius 3 is 2.62 bits per heavy atom. The van der Waals surface area contributed by atoms with E-state index in [9.17, 15) is 9.59 Å². The standard InChI is InChI=1S/C17H22BrNO3.C2H6/c1-12-8-16(20)19(10-12)15-6-5-14(9-13(15)2)11-22-17(21)4-3-7-18;1-2/h5-6,9,12H,3-4,7-8,10-11H2,1-2H3;1-2H3. The molecule has 0 saturated carbocycles. The van der Waals surface area contributed by atoms with E-state index in [1.165, 1.54) is 0 Å². The highest BCUT2D eigenvalue weighted by molar-refractivity contribution is 9.09. The first-order chi connectivity index (χ1) is 11.5. The maximum atomic E-state index is 12.0. The van der Waals surface area contributed by atoms with Gasteiger partial charge < -0.3 is 9.64 Å². The highest BCUT2D eigenvalue weighted by Crippen LogP contribution is 2.28. The molecule has 1 aromatic carbocycles. The number of hydrogen-bond acceptors (Lipinski definition) is 3. The molecule has 2 rings (SSSR count). The molecule has 1 heterocycles. The fraction of sp³-hybridized carbons (Fsp3) is 0.579. The van der Waals surface area contributed by atoms with Gasteiger partial charge in [-0.1, -0.05) is 48.8 Å². The van der Waals surface area contributed by atoms with Crippen molar-refractivity contribution in [3.63, 3.8) is 0 Å². The van der Waals surface area contributed by atoms with E-state index in [2.05, 4.69) is 22.9 Å². The van der Waals surface area contributed by atoms with Crippen molar-refractivity contribution in [3.05, 3.63) is 29.3 Å².